The second-order valence-corrected chi connectivity index (χ2v) is 7.89. The number of pyridine rings is 1. The summed E-state index contributed by atoms with van der Waals surface area (Å²) in [5.41, 5.74) is -0.508. The molecule has 0 spiro atoms. The quantitative estimate of drug-likeness (QED) is 0.149. The Labute approximate surface area is 197 Å². The summed E-state index contributed by atoms with van der Waals surface area (Å²) in [5.74, 6) is 0.645. The molecule has 0 bridgehead atoms. The van der Waals surface area contributed by atoms with Crippen molar-refractivity contribution in [2.24, 2.45) is 0 Å². The Morgan fingerprint density at radius 1 is 1.32 bits per heavy atom. The molecule has 0 atom stereocenters. The normalized spacial score (nSPS) is 11.7. The van der Waals surface area contributed by atoms with Crippen molar-refractivity contribution in [3.05, 3.63) is 87.6 Å². The van der Waals surface area contributed by atoms with E-state index in [2.05, 4.69) is 33.9 Å². The van der Waals surface area contributed by atoms with Crippen molar-refractivity contribution in [1.82, 2.24) is 20.8 Å². The van der Waals surface area contributed by atoms with E-state index in [1.807, 2.05) is 0 Å². The van der Waals surface area contributed by atoms with Gasteiger partial charge in [0.1, 0.15) is 10.8 Å². The van der Waals surface area contributed by atoms with Gasteiger partial charge in [-0.25, -0.2) is 4.98 Å². The number of carbonyl (C=O) groups excluding carboxylic acids is 1. The highest BCUT2D eigenvalue weighted by atomic mass is 32.2. The molecule has 0 unspecified atom stereocenters. The molecule has 0 aliphatic carbocycles. The first-order valence-electron chi connectivity index (χ1n) is 9.77. The van der Waals surface area contributed by atoms with Crippen LogP contribution in [0.1, 0.15) is 21.8 Å². The zero-order valence-corrected chi connectivity index (χ0v) is 19.0. The van der Waals surface area contributed by atoms with Crippen molar-refractivity contribution in [1.29, 1.82) is 0 Å². The van der Waals surface area contributed by atoms with E-state index in [1.54, 1.807) is 31.3 Å². The van der Waals surface area contributed by atoms with Crippen molar-refractivity contribution in [3.8, 4) is 0 Å². The molecule has 2 aromatic heterocycles. The number of hydrogen-bond donors (Lipinski definition) is 2. The fourth-order valence-electron chi connectivity index (χ4n) is 2.56. The van der Waals surface area contributed by atoms with E-state index in [1.165, 1.54) is 11.8 Å². The fraction of sp³-hybridized carbons (Fsp3) is 0.286. The van der Waals surface area contributed by atoms with Gasteiger partial charge >= 0.3 is 6.18 Å². The Balaban J connectivity index is 1.92. The number of aromatic nitrogens is 2. The molecule has 0 saturated carbocycles. The Bertz CT molecular complexity index is 1100. The molecule has 0 aromatic carbocycles. The molecular weight excluding hydrogens is 475 g/mol. The molecule has 182 valence electrons. The van der Waals surface area contributed by atoms with Gasteiger partial charge in [0, 0.05) is 47.1 Å². The minimum atomic E-state index is -4.72. The number of alkyl halides is 3. The van der Waals surface area contributed by atoms with Crippen LogP contribution in [0.2, 0.25) is 0 Å². The Morgan fingerprint density at radius 2 is 2.03 bits per heavy atom. The van der Waals surface area contributed by atoms with Crippen LogP contribution in [0.4, 0.5) is 13.2 Å². The van der Waals surface area contributed by atoms with E-state index in [0.717, 1.165) is 5.69 Å². The molecule has 13 heteroatoms. The average Bonchev–Trinajstić information content (AvgIpc) is 3.18. The molecule has 0 aliphatic heterocycles. The maximum Gasteiger partial charge on any atom is 0.415 e. The van der Waals surface area contributed by atoms with E-state index >= 15 is 0 Å². The lowest BCUT2D eigenvalue weighted by Gasteiger charge is -2.13. The van der Waals surface area contributed by atoms with Crippen molar-refractivity contribution in [2.45, 2.75) is 23.9 Å². The van der Waals surface area contributed by atoms with Crippen LogP contribution in [0.15, 0.2) is 70.0 Å². The molecular formula is C21H22F3N5O4S. The number of hydrogen-bond acceptors (Lipinski definition) is 8. The van der Waals surface area contributed by atoms with Crippen LogP contribution in [0, 0.1) is 17.0 Å². The van der Waals surface area contributed by atoms with Crippen LogP contribution in [0.5, 0.6) is 0 Å². The summed E-state index contributed by atoms with van der Waals surface area (Å²) in [5, 5.41) is 20.4. The van der Waals surface area contributed by atoms with Crippen LogP contribution < -0.4 is 10.6 Å². The van der Waals surface area contributed by atoms with Gasteiger partial charge in [-0.2, -0.15) is 13.2 Å². The number of carbonyl (C=O) groups is 1. The number of rotatable bonds is 12. The number of thioether (sulfide) groups is 1. The molecule has 9 nitrogen and oxygen atoms in total. The number of nitrogens with one attached hydrogen (secondary N) is 2. The first kappa shape index (κ1) is 26.6. The molecule has 0 saturated heterocycles. The molecule has 2 rings (SSSR count). The third-order valence-electron chi connectivity index (χ3n) is 4.19. The highest BCUT2D eigenvalue weighted by molar-refractivity contribution is 7.98. The number of aryl methyl sites for hydroxylation is 1. The van der Waals surface area contributed by atoms with Gasteiger partial charge in [-0.1, -0.05) is 30.1 Å². The first-order valence-corrected chi connectivity index (χ1v) is 10.8. The fourth-order valence-corrected chi connectivity index (χ4v) is 3.43. The number of allylic oxidation sites excluding steroid dienone is 2. The highest BCUT2D eigenvalue weighted by Crippen LogP contribution is 2.27. The van der Waals surface area contributed by atoms with Gasteiger partial charge in [0.25, 0.3) is 5.91 Å². The van der Waals surface area contributed by atoms with E-state index in [9.17, 15) is 28.1 Å². The van der Waals surface area contributed by atoms with Gasteiger partial charge in [0.15, 0.2) is 0 Å². The van der Waals surface area contributed by atoms with E-state index in [-0.39, 0.29) is 24.4 Å². The van der Waals surface area contributed by atoms with E-state index in [4.69, 9.17) is 4.52 Å². The molecule has 0 fully saturated rings. The van der Waals surface area contributed by atoms with Crippen LogP contribution in [0.25, 0.3) is 0 Å². The van der Waals surface area contributed by atoms with Gasteiger partial charge in [-0.3, -0.25) is 14.9 Å². The van der Waals surface area contributed by atoms with Crippen molar-refractivity contribution in [3.63, 3.8) is 0 Å². The number of amides is 1. The number of nitrogens with zero attached hydrogens (tertiary/aromatic N) is 3. The maximum atomic E-state index is 12.7. The summed E-state index contributed by atoms with van der Waals surface area (Å²) in [4.78, 5) is 26.8. The standard InChI is InChI=1S/C21H22F3N5O4S/c1-13(21(22,23)24)9-16(11-29(31)32)15(3)25-7-8-26-19(30)18-5-4-6-27-20(18)34-12-17-10-14(2)28-33-17/h4-6,9-10,25H,1,3,7-8,11-12H2,2H3,(H,26,30)/b16-9-. The Hall–Kier alpha value is -3.61. The van der Waals surface area contributed by atoms with Crippen molar-refractivity contribution in [2.75, 3.05) is 19.6 Å². The maximum absolute atomic E-state index is 12.7. The third-order valence-corrected chi connectivity index (χ3v) is 5.22. The van der Waals surface area contributed by atoms with E-state index in [0.29, 0.717) is 28.2 Å². The van der Waals surface area contributed by atoms with Gasteiger partial charge < -0.3 is 15.2 Å². The van der Waals surface area contributed by atoms with Crippen LogP contribution >= 0.6 is 11.8 Å². The Kier molecular flexibility index (Phi) is 9.42. The molecule has 2 N–H and O–H groups in total. The second kappa shape index (κ2) is 12.0. The molecule has 0 radical (unpaired) electrons. The molecule has 2 aromatic rings. The molecule has 1 amide bonds. The summed E-state index contributed by atoms with van der Waals surface area (Å²) in [7, 11) is 0. The molecule has 2 heterocycles. The lowest BCUT2D eigenvalue weighted by Crippen LogP contribution is -2.32. The van der Waals surface area contributed by atoms with Crippen LogP contribution in [0.3, 0.4) is 0 Å². The minimum Gasteiger partial charge on any atom is -0.383 e. The summed E-state index contributed by atoms with van der Waals surface area (Å²) >= 11 is 1.30. The van der Waals surface area contributed by atoms with Gasteiger partial charge in [0.2, 0.25) is 6.54 Å². The predicted molar refractivity (Wildman–Crippen MR) is 120 cm³/mol. The largest absolute Gasteiger partial charge is 0.415 e. The SMILES string of the molecule is C=C(NCCNC(=O)c1cccnc1SCc1cc(C)no1)/C(=C\C(=C)C(F)(F)F)C[N+](=O)[O-]. The van der Waals surface area contributed by atoms with Crippen molar-refractivity contribution < 1.29 is 27.4 Å². The minimum absolute atomic E-state index is 0.0677. The highest BCUT2D eigenvalue weighted by Gasteiger charge is 2.31. The summed E-state index contributed by atoms with van der Waals surface area (Å²) in [6.45, 7) is 7.51. The number of nitro groups is 1. The summed E-state index contributed by atoms with van der Waals surface area (Å²) in [6.07, 6.45) is -2.60. The average molecular weight is 497 g/mol. The van der Waals surface area contributed by atoms with Crippen LogP contribution in [-0.4, -0.2) is 46.8 Å². The topological polar surface area (TPSA) is 123 Å². The lowest BCUT2D eigenvalue weighted by molar-refractivity contribution is -0.470. The second-order valence-electron chi connectivity index (χ2n) is 6.92. The first-order chi connectivity index (χ1) is 16.0. The summed E-state index contributed by atoms with van der Waals surface area (Å²) in [6, 6.07) is 4.99. The van der Waals surface area contributed by atoms with Crippen molar-refractivity contribution >= 4 is 17.7 Å². The number of halogens is 3. The van der Waals surface area contributed by atoms with Gasteiger partial charge in [0.05, 0.1) is 17.0 Å². The zero-order valence-electron chi connectivity index (χ0n) is 18.1. The van der Waals surface area contributed by atoms with E-state index < -0.39 is 29.1 Å². The van der Waals surface area contributed by atoms with Gasteiger partial charge in [-0.15, -0.1) is 0 Å². The predicted octanol–water partition coefficient (Wildman–Crippen LogP) is 3.83. The van der Waals surface area contributed by atoms with Gasteiger partial charge in [-0.05, 0) is 25.1 Å². The van der Waals surface area contributed by atoms with Crippen LogP contribution in [-0.2, 0) is 5.75 Å². The lowest BCUT2D eigenvalue weighted by atomic mass is 10.1. The third kappa shape index (κ3) is 8.39. The molecule has 34 heavy (non-hydrogen) atoms. The zero-order chi connectivity index (χ0) is 25.3. The summed E-state index contributed by atoms with van der Waals surface area (Å²) < 4.78 is 43.3. The smallest absolute Gasteiger partial charge is 0.383 e. The Morgan fingerprint density at radius 3 is 2.65 bits per heavy atom. The monoisotopic (exact) mass is 497 g/mol. The molecule has 0 aliphatic rings.